The minimum atomic E-state index is -4.45. The first-order chi connectivity index (χ1) is 11.6. The average molecular weight is 368 g/mol. The molecule has 140 valence electrons. The van der Waals surface area contributed by atoms with Gasteiger partial charge in [-0.05, 0) is 79.6 Å². The van der Waals surface area contributed by atoms with Crippen LogP contribution in [-0.2, 0) is 13.9 Å². The molecular formula is C19H29O5P. The van der Waals surface area contributed by atoms with Crippen LogP contribution in [0.15, 0.2) is 11.6 Å². The quantitative estimate of drug-likeness (QED) is 0.720. The molecule has 3 fully saturated rings. The fourth-order valence-corrected chi connectivity index (χ4v) is 7.53. The predicted octanol–water partition coefficient (Wildman–Crippen LogP) is 4.00. The molecule has 0 saturated heterocycles. The maximum absolute atomic E-state index is 11.9. The van der Waals surface area contributed by atoms with Crippen molar-refractivity contribution in [3.8, 4) is 0 Å². The molecule has 4 aliphatic carbocycles. The molecule has 0 unspecified atom stereocenters. The molecule has 0 aromatic carbocycles. The van der Waals surface area contributed by atoms with Gasteiger partial charge in [-0.1, -0.05) is 19.4 Å². The van der Waals surface area contributed by atoms with Gasteiger partial charge in [0.1, 0.15) is 0 Å². The normalized spacial score (nSPS) is 46.9. The largest absolute Gasteiger partial charge is 0.469 e. The molecule has 0 amide bonds. The van der Waals surface area contributed by atoms with Gasteiger partial charge in [-0.3, -0.25) is 9.32 Å². The number of carbonyl (C=O) groups is 1. The van der Waals surface area contributed by atoms with E-state index in [0.29, 0.717) is 24.2 Å². The van der Waals surface area contributed by atoms with E-state index in [4.69, 9.17) is 4.52 Å². The fraction of sp³-hybridized carbons (Fsp3) is 0.842. The van der Waals surface area contributed by atoms with E-state index in [0.717, 1.165) is 44.9 Å². The van der Waals surface area contributed by atoms with E-state index < -0.39 is 7.82 Å². The number of carbonyl (C=O) groups excluding carboxylic acids is 1. The summed E-state index contributed by atoms with van der Waals surface area (Å²) in [6, 6.07) is 0. The molecule has 0 spiro atoms. The lowest BCUT2D eigenvalue weighted by molar-refractivity contribution is -0.117. The zero-order valence-corrected chi connectivity index (χ0v) is 16.0. The summed E-state index contributed by atoms with van der Waals surface area (Å²) in [7, 11) is -4.45. The first-order valence-electron chi connectivity index (χ1n) is 9.61. The first kappa shape index (κ1) is 17.9. The van der Waals surface area contributed by atoms with Crippen LogP contribution in [0.3, 0.4) is 0 Å². The van der Waals surface area contributed by atoms with Gasteiger partial charge in [-0.15, -0.1) is 0 Å². The van der Waals surface area contributed by atoms with E-state index in [9.17, 15) is 19.1 Å². The highest BCUT2D eigenvalue weighted by Crippen LogP contribution is 2.66. The van der Waals surface area contributed by atoms with Crippen LogP contribution in [0, 0.1) is 28.6 Å². The second-order valence-corrected chi connectivity index (χ2v) is 10.4. The summed E-state index contributed by atoms with van der Waals surface area (Å²) in [5.74, 6) is 1.92. The highest BCUT2D eigenvalue weighted by atomic mass is 31.2. The lowest BCUT2D eigenvalue weighted by Gasteiger charge is -2.57. The monoisotopic (exact) mass is 368 g/mol. The first-order valence-corrected chi connectivity index (χ1v) is 11.1. The third-order valence-corrected chi connectivity index (χ3v) is 8.67. The number of phosphoric acid groups is 1. The van der Waals surface area contributed by atoms with Crippen LogP contribution in [0.1, 0.15) is 65.2 Å². The smallest absolute Gasteiger partial charge is 0.303 e. The second kappa shape index (κ2) is 5.76. The molecule has 0 aliphatic heterocycles. The fourth-order valence-electron chi connectivity index (χ4n) is 6.85. The molecule has 0 aromatic rings. The second-order valence-electron chi connectivity index (χ2n) is 9.18. The molecule has 0 heterocycles. The maximum atomic E-state index is 11.9. The Hall–Kier alpha value is -0.480. The van der Waals surface area contributed by atoms with Gasteiger partial charge in [0, 0.05) is 6.42 Å². The van der Waals surface area contributed by atoms with Crippen LogP contribution in [0.2, 0.25) is 0 Å². The van der Waals surface area contributed by atoms with Gasteiger partial charge in [0.05, 0.1) is 6.10 Å². The lowest BCUT2D eigenvalue weighted by Crippen LogP contribution is -2.51. The summed E-state index contributed by atoms with van der Waals surface area (Å²) in [6.45, 7) is 4.53. The third-order valence-electron chi connectivity index (χ3n) is 8.14. The van der Waals surface area contributed by atoms with Crippen molar-refractivity contribution >= 4 is 13.6 Å². The van der Waals surface area contributed by atoms with Crippen LogP contribution >= 0.6 is 7.82 Å². The van der Waals surface area contributed by atoms with Crippen LogP contribution in [0.25, 0.3) is 0 Å². The van der Waals surface area contributed by atoms with Crippen LogP contribution in [0.4, 0.5) is 0 Å². The molecule has 3 saturated carbocycles. The molecule has 4 aliphatic rings. The summed E-state index contributed by atoms with van der Waals surface area (Å²) in [4.78, 5) is 30.4. The minimum absolute atomic E-state index is 0.135. The summed E-state index contributed by atoms with van der Waals surface area (Å²) >= 11 is 0. The number of fused-ring (bicyclic) bond motifs is 5. The van der Waals surface area contributed by atoms with E-state index >= 15 is 0 Å². The highest BCUT2D eigenvalue weighted by molar-refractivity contribution is 7.46. The van der Waals surface area contributed by atoms with Crippen LogP contribution in [-0.4, -0.2) is 21.7 Å². The van der Waals surface area contributed by atoms with E-state index in [1.54, 1.807) is 0 Å². The number of allylic oxidation sites excluding steroid dienone is 1. The Labute approximate surface area is 149 Å². The van der Waals surface area contributed by atoms with E-state index in [1.165, 1.54) is 5.57 Å². The van der Waals surface area contributed by atoms with Crippen LogP contribution < -0.4 is 0 Å². The molecule has 2 N–H and O–H groups in total. The topological polar surface area (TPSA) is 83.8 Å². The van der Waals surface area contributed by atoms with Crippen molar-refractivity contribution in [1.29, 1.82) is 0 Å². The molecule has 0 bridgehead atoms. The van der Waals surface area contributed by atoms with Gasteiger partial charge in [0.2, 0.25) is 0 Å². The van der Waals surface area contributed by atoms with Gasteiger partial charge >= 0.3 is 7.82 Å². The third kappa shape index (κ3) is 2.79. The predicted molar refractivity (Wildman–Crippen MR) is 93.6 cm³/mol. The molecule has 25 heavy (non-hydrogen) atoms. The number of hydrogen-bond donors (Lipinski definition) is 2. The Morgan fingerprint density at radius 2 is 1.84 bits per heavy atom. The SMILES string of the molecule is C[C@]12CC[C@@H]3[C@H](CCC4=CC(=O)CC[C@@]43C)[C@H]1CC[C@@H]2OP(=O)(O)O. The maximum Gasteiger partial charge on any atom is 0.469 e. The molecule has 0 radical (unpaired) electrons. The summed E-state index contributed by atoms with van der Waals surface area (Å²) < 4.78 is 16.6. The number of ketones is 1. The van der Waals surface area contributed by atoms with Crippen molar-refractivity contribution in [2.75, 3.05) is 0 Å². The Bertz CT molecular complexity index is 667. The van der Waals surface area contributed by atoms with Gasteiger partial charge in [0.25, 0.3) is 0 Å². The van der Waals surface area contributed by atoms with E-state index in [-0.39, 0.29) is 22.7 Å². The van der Waals surface area contributed by atoms with Crippen molar-refractivity contribution < 1.29 is 23.7 Å². The molecule has 6 heteroatoms. The van der Waals surface area contributed by atoms with Crippen molar-refractivity contribution in [2.24, 2.45) is 28.6 Å². The number of hydrogen-bond acceptors (Lipinski definition) is 3. The minimum Gasteiger partial charge on any atom is -0.303 e. The van der Waals surface area contributed by atoms with Crippen molar-refractivity contribution in [3.63, 3.8) is 0 Å². The summed E-state index contributed by atoms with van der Waals surface area (Å²) in [5.41, 5.74) is 1.36. The molecule has 4 rings (SSSR count). The summed E-state index contributed by atoms with van der Waals surface area (Å²) in [6.07, 6.45) is 9.08. The molecule has 5 nitrogen and oxygen atoms in total. The molecule has 0 aromatic heterocycles. The standard InChI is InChI=1S/C19H29O5P/c1-18-9-7-13(20)11-12(18)3-4-14-15-5-6-17(24-25(21,22)23)19(15,2)10-8-16(14)18/h11,14-17H,3-10H2,1-2H3,(H2,21,22,23)/t14-,15-,16-,17+,18+,19+/m1/s1. The zero-order valence-electron chi connectivity index (χ0n) is 15.1. The summed E-state index contributed by atoms with van der Waals surface area (Å²) in [5, 5.41) is 0. The Balaban J connectivity index is 1.61. The van der Waals surface area contributed by atoms with E-state index in [1.807, 2.05) is 6.08 Å². The lowest BCUT2D eigenvalue weighted by atomic mass is 9.47. The molecule has 6 atom stereocenters. The Morgan fingerprint density at radius 3 is 2.56 bits per heavy atom. The number of phosphoric ester groups is 1. The zero-order chi connectivity index (χ0) is 18.0. The Morgan fingerprint density at radius 1 is 1.08 bits per heavy atom. The average Bonchev–Trinajstić information content (AvgIpc) is 2.83. The highest BCUT2D eigenvalue weighted by Gasteiger charge is 2.60. The van der Waals surface area contributed by atoms with Gasteiger partial charge in [-0.25, -0.2) is 4.57 Å². The van der Waals surface area contributed by atoms with Gasteiger partial charge in [0.15, 0.2) is 5.78 Å². The van der Waals surface area contributed by atoms with Crippen LogP contribution in [0.5, 0.6) is 0 Å². The molecular weight excluding hydrogens is 339 g/mol. The van der Waals surface area contributed by atoms with E-state index in [2.05, 4.69) is 13.8 Å². The van der Waals surface area contributed by atoms with Crippen molar-refractivity contribution in [1.82, 2.24) is 0 Å². The number of rotatable bonds is 2. The van der Waals surface area contributed by atoms with Crippen molar-refractivity contribution in [3.05, 3.63) is 11.6 Å². The van der Waals surface area contributed by atoms with Crippen molar-refractivity contribution in [2.45, 2.75) is 71.3 Å². The van der Waals surface area contributed by atoms with Gasteiger partial charge in [-0.2, -0.15) is 0 Å². The Kier molecular flexibility index (Phi) is 4.12. The van der Waals surface area contributed by atoms with Gasteiger partial charge < -0.3 is 9.79 Å².